The molecule has 0 aliphatic heterocycles. The number of halogens is 2. The summed E-state index contributed by atoms with van der Waals surface area (Å²) in [6, 6.07) is 13.1. The number of ether oxygens (including phenoxy) is 1. The summed E-state index contributed by atoms with van der Waals surface area (Å²) in [4.78, 5) is 5.26. The van der Waals surface area contributed by atoms with E-state index in [2.05, 4.69) is 43.1 Å². The molecule has 0 spiro atoms. The molecule has 0 radical (unpaired) electrons. The van der Waals surface area contributed by atoms with Gasteiger partial charge >= 0.3 is 0 Å². The maximum atomic E-state index is 9.00. The van der Waals surface area contributed by atoms with E-state index in [0.717, 1.165) is 25.8 Å². The summed E-state index contributed by atoms with van der Waals surface area (Å²) in [5.41, 5.74) is 2.25. The van der Waals surface area contributed by atoms with Gasteiger partial charge in [-0.15, -0.1) is 0 Å². The Labute approximate surface area is 145 Å². The van der Waals surface area contributed by atoms with Crippen molar-refractivity contribution < 1.29 is 9.57 Å². The maximum Gasteiger partial charge on any atom is 0.147 e. The molecule has 6 heteroatoms. The molecular weight excluding hydrogens is 412 g/mol. The van der Waals surface area contributed by atoms with Gasteiger partial charge in [0.2, 0.25) is 0 Å². The molecule has 0 aliphatic carbocycles. The second kappa shape index (κ2) is 7.97. The average molecular weight is 424 g/mol. The quantitative estimate of drug-likeness (QED) is 0.519. The number of hydrogen-bond acceptors (Lipinski definition) is 4. The fraction of sp³-hybridized carbons (Fsp3) is 0.125. The standard InChI is InChI=1S/C16H12Br2N2O2/c1-21-16-14(17)6-11(7-15(16)18)9-20-22-10-13-5-3-2-4-12(13)8-19/h2-7,9H,10H2,1H3/b20-9-. The SMILES string of the molecule is COc1c(Br)cc(/C=N\OCc2ccccc2C#N)cc1Br. The zero-order valence-corrected chi connectivity index (χ0v) is 14.9. The van der Waals surface area contributed by atoms with Gasteiger partial charge in [-0.2, -0.15) is 5.26 Å². The van der Waals surface area contributed by atoms with Gasteiger partial charge in [-0.05, 0) is 55.6 Å². The monoisotopic (exact) mass is 422 g/mol. The third kappa shape index (κ3) is 4.09. The number of oxime groups is 1. The van der Waals surface area contributed by atoms with Crippen molar-refractivity contribution >= 4 is 38.1 Å². The lowest BCUT2D eigenvalue weighted by Crippen LogP contribution is -1.93. The molecule has 0 bridgehead atoms. The highest BCUT2D eigenvalue weighted by Crippen LogP contribution is 2.33. The van der Waals surface area contributed by atoms with Crippen molar-refractivity contribution in [1.82, 2.24) is 0 Å². The lowest BCUT2D eigenvalue weighted by atomic mass is 10.1. The number of nitrogens with zero attached hydrogens (tertiary/aromatic N) is 2. The lowest BCUT2D eigenvalue weighted by molar-refractivity contribution is 0.132. The predicted octanol–water partition coefficient (Wildman–Crippen LogP) is 4.64. The van der Waals surface area contributed by atoms with Crippen molar-refractivity contribution in [2.75, 3.05) is 7.11 Å². The molecule has 2 aromatic carbocycles. The highest BCUT2D eigenvalue weighted by Gasteiger charge is 2.06. The van der Waals surface area contributed by atoms with Crippen molar-refractivity contribution in [2.24, 2.45) is 5.16 Å². The molecule has 0 fully saturated rings. The van der Waals surface area contributed by atoms with Crippen molar-refractivity contribution in [3.8, 4) is 11.8 Å². The molecule has 0 saturated carbocycles. The Kier molecular flexibility index (Phi) is 5.99. The molecule has 0 amide bonds. The van der Waals surface area contributed by atoms with Crippen LogP contribution in [0.2, 0.25) is 0 Å². The van der Waals surface area contributed by atoms with Crippen molar-refractivity contribution in [3.05, 3.63) is 62.0 Å². The molecule has 0 atom stereocenters. The average Bonchev–Trinajstić information content (AvgIpc) is 2.51. The normalized spacial score (nSPS) is 10.5. The van der Waals surface area contributed by atoms with Crippen LogP contribution in [-0.2, 0) is 11.4 Å². The first kappa shape index (κ1) is 16.5. The largest absolute Gasteiger partial charge is 0.494 e. The van der Waals surface area contributed by atoms with Crippen LogP contribution in [-0.4, -0.2) is 13.3 Å². The highest BCUT2D eigenvalue weighted by molar-refractivity contribution is 9.11. The van der Waals surface area contributed by atoms with Crippen LogP contribution in [0.25, 0.3) is 0 Å². The second-order valence-electron chi connectivity index (χ2n) is 4.29. The van der Waals surface area contributed by atoms with Gasteiger partial charge in [0.15, 0.2) is 0 Å². The van der Waals surface area contributed by atoms with Crippen molar-refractivity contribution in [3.63, 3.8) is 0 Å². The first-order chi connectivity index (χ1) is 10.7. The van der Waals surface area contributed by atoms with Crippen LogP contribution in [0, 0.1) is 11.3 Å². The topological polar surface area (TPSA) is 54.6 Å². The van der Waals surface area contributed by atoms with Crippen LogP contribution in [0.3, 0.4) is 0 Å². The summed E-state index contributed by atoms with van der Waals surface area (Å²) in [5, 5.41) is 12.9. The van der Waals surface area contributed by atoms with Gasteiger partial charge in [-0.1, -0.05) is 23.4 Å². The first-order valence-electron chi connectivity index (χ1n) is 6.32. The van der Waals surface area contributed by atoms with Crippen LogP contribution >= 0.6 is 31.9 Å². The van der Waals surface area contributed by atoms with Gasteiger partial charge in [-0.3, -0.25) is 0 Å². The molecule has 0 saturated heterocycles. The predicted molar refractivity (Wildman–Crippen MR) is 91.9 cm³/mol. The summed E-state index contributed by atoms with van der Waals surface area (Å²) in [6.07, 6.45) is 1.60. The minimum Gasteiger partial charge on any atom is -0.494 e. The summed E-state index contributed by atoms with van der Waals surface area (Å²) >= 11 is 6.86. The summed E-state index contributed by atoms with van der Waals surface area (Å²) in [7, 11) is 1.61. The van der Waals surface area contributed by atoms with Gasteiger partial charge < -0.3 is 9.57 Å². The fourth-order valence-electron chi connectivity index (χ4n) is 1.81. The Hall–Kier alpha value is -1.84. The van der Waals surface area contributed by atoms with Gasteiger partial charge in [0, 0.05) is 5.56 Å². The summed E-state index contributed by atoms with van der Waals surface area (Å²) in [5.74, 6) is 0.723. The van der Waals surface area contributed by atoms with Crippen LogP contribution in [0.4, 0.5) is 0 Å². The van der Waals surface area contributed by atoms with Crippen molar-refractivity contribution in [1.29, 1.82) is 5.26 Å². The summed E-state index contributed by atoms with van der Waals surface area (Å²) < 4.78 is 6.88. The van der Waals surface area contributed by atoms with E-state index in [0.29, 0.717) is 5.56 Å². The molecule has 2 rings (SSSR count). The highest BCUT2D eigenvalue weighted by atomic mass is 79.9. The van der Waals surface area contributed by atoms with E-state index in [1.54, 1.807) is 19.4 Å². The third-order valence-electron chi connectivity index (χ3n) is 2.86. The van der Waals surface area contributed by atoms with E-state index in [-0.39, 0.29) is 6.61 Å². The van der Waals surface area contributed by atoms with E-state index in [9.17, 15) is 0 Å². The third-order valence-corrected chi connectivity index (χ3v) is 4.04. The Bertz CT molecular complexity index is 716. The maximum absolute atomic E-state index is 9.00. The Balaban J connectivity index is 2.03. The smallest absolute Gasteiger partial charge is 0.147 e. The zero-order valence-electron chi connectivity index (χ0n) is 11.7. The number of hydrogen-bond donors (Lipinski definition) is 0. The minimum absolute atomic E-state index is 0.249. The van der Waals surface area contributed by atoms with E-state index in [4.69, 9.17) is 14.8 Å². The van der Waals surface area contributed by atoms with E-state index < -0.39 is 0 Å². The second-order valence-corrected chi connectivity index (χ2v) is 6.00. The minimum atomic E-state index is 0.249. The van der Waals surface area contributed by atoms with Gasteiger partial charge in [0.05, 0.1) is 33.9 Å². The fourth-order valence-corrected chi connectivity index (χ4v) is 3.35. The lowest BCUT2D eigenvalue weighted by Gasteiger charge is -2.06. The number of rotatable bonds is 5. The molecule has 112 valence electrons. The number of methoxy groups -OCH3 is 1. The molecule has 0 heterocycles. The van der Waals surface area contributed by atoms with Gasteiger partial charge in [0.1, 0.15) is 12.4 Å². The molecule has 22 heavy (non-hydrogen) atoms. The summed E-state index contributed by atoms with van der Waals surface area (Å²) in [6.45, 7) is 0.249. The molecule has 0 aliphatic rings. The molecule has 0 N–H and O–H groups in total. The molecule has 0 aromatic heterocycles. The van der Waals surface area contributed by atoms with E-state index >= 15 is 0 Å². The zero-order chi connectivity index (χ0) is 15.9. The van der Waals surface area contributed by atoms with Crippen LogP contribution in [0.1, 0.15) is 16.7 Å². The van der Waals surface area contributed by atoms with Gasteiger partial charge in [0.25, 0.3) is 0 Å². The van der Waals surface area contributed by atoms with Crippen LogP contribution in [0.5, 0.6) is 5.75 Å². The first-order valence-corrected chi connectivity index (χ1v) is 7.90. The molecular formula is C16H12Br2N2O2. The Morgan fingerprint density at radius 1 is 1.23 bits per heavy atom. The van der Waals surface area contributed by atoms with Gasteiger partial charge in [-0.25, -0.2) is 0 Å². The Morgan fingerprint density at radius 2 is 1.91 bits per heavy atom. The molecule has 0 unspecified atom stereocenters. The van der Waals surface area contributed by atoms with Crippen molar-refractivity contribution in [2.45, 2.75) is 6.61 Å². The number of nitriles is 1. The Morgan fingerprint density at radius 3 is 2.55 bits per heavy atom. The number of benzene rings is 2. The van der Waals surface area contributed by atoms with Crippen LogP contribution in [0.15, 0.2) is 50.5 Å². The van der Waals surface area contributed by atoms with Crippen LogP contribution < -0.4 is 4.74 Å². The van der Waals surface area contributed by atoms with E-state index in [1.165, 1.54) is 0 Å². The van der Waals surface area contributed by atoms with E-state index in [1.807, 2.05) is 30.3 Å². The molecule has 4 nitrogen and oxygen atoms in total. The molecule has 2 aromatic rings.